The summed E-state index contributed by atoms with van der Waals surface area (Å²) in [4.78, 5) is 0. The molecule has 0 bridgehead atoms. The van der Waals surface area contributed by atoms with Crippen LogP contribution in [0.1, 0.15) is 0 Å². The molecule has 0 heteroatoms. The molecule has 100 heavy (non-hydrogen) atoms. The Balaban J connectivity index is 0.000000139. The molecule has 0 fully saturated rings. The molecule has 0 saturated heterocycles. The Labute approximate surface area is 581 Å². The van der Waals surface area contributed by atoms with Gasteiger partial charge in [0, 0.05) is 0 Å². The Morgan fingerprint density at radius 1 is 0.100 bits per heavy atom. The van der Waals surface area contributed by atoms with E-state index < -0.39 is 0 Å². The van der Waals surface area contributed by atoms with Crippen LogP contribution in [-0.4, -0.2) is 0 Å². The summed E-state index contributed by atoms with van der Waals surface area (Å²) in [6.45, 7) is 0. The summed E-state index contributed by atoms with van der Waals surface area (Å²) in [7, 11) is 0. The van der Waals surface area contributed by atoms with Crippen LogP contribution in [0.15, 0.2) is 388 Å². The van der Waals surface area contributed by atoms with E-state index >= 15 is 0 Å². The van der Waals surface area contributed by atoms with Crippen LogP contribution in [0, 0.1) is 0 Å². The molecule has 0 aliphatic rings. The number of hydrogen-bond donors (Lipinski definition) is 0. The molecule has 0 aliphatic carbocycles. The van der Waals surface area contributed by atoms with Crippen LogP contribution < -0.4 is 0 Å². The Kier molecular flexibility index (Phi) is 14.3. The van der Waals surface area contributed by atoms with Crippen molar-refractivity contribution in [3.05, 3.63) is 388 Å². The molecule has 20 aromatic carbocycles. The molecule has 0 saturated carbocycles. The second-order valence-corrected chi connectivity index (χ2v) is 26.4. The number of benzene rings is 20. The van der Waals surface area contributed by atoms with Gasteiger partial charge >= 0.3 is 0 Å². The molecule has 0 atom stereocenters. The van der Waals surface area contributed by atoms with Crippen LogP contribution in [0.5, 0.6) is 0 Å². The second-order valence-electron chi connectivity index (χ2n) is 26.4. The topological polar surface area (TPSA) is 0 Å². The smallest absolute Gasteiger partial charge is 0.00199 e. The quantitative estimate of drug-likeness (QED) is 0.133. The largest absolute Gasteiger partial charge is 0.0622 e. The molecular formula is C100H64. The first-order valence-corrected chi connectivity index (χ1v) is 34.7. The third kappa shape index (κ3) is 9.99. The maximum Gasteiger partial charge on any atom is -0.00199 e. The molecule has 0 N–H and O–H groups in total. The summed E-state index contributed by atoms with van der Waals surface area (Å²) in [5.74, 6) is 0. The van der Waals surface area contributed by atoms with Crippen LogP contribution >= 0.6 is 0 Å². The van der Waals surface area contributed by atoms with Crippen LogP contribution in [0.3, 0.4) is 0 Å². The molecule has 0 nitrogen and oxygen atoms in total. The summed E-state index contributed by atoms with van der Waals surface area (Å²) in [6, 6.07) is 143. The maximum absolute atomic E-state index is 2.43. The predicted octanol–water partition coefficient (Wildman–Crippen LogP) is 28.2. The van der Waals surface area contributed by atoms with Crippen LogP contribution in [-0.2, 0) is 0 Å². The monoisotopic (exact) mass is 1260 g/mol. The second kappa shape index (κ2) is 24.6. The fraction of sp³-hybridized carbons (Fsp3) is 0. The molecule has 0 amide bonds. The van der Waals surface area contributed by atoms with E-state index in [4.69, 9.17) is 0 Å². The van der Waals surface area contributed by atoms with Crippen molar-refractivity contribution in [3.8, 4) is 89.0 Å². The van der Waals surface area contributed by atoms with Crippen molar-refractivity contribution in [1.29, 1.82) is 0 Å². The highest BCUT2D eigenvalue weighted by Gasteiger charge is 2.23. The average molecular weight is 1270 g/mol. The fourth-order valence-electron chi connectivity index (χ4n) is 16.3. The normalized spacial score (nSPS) is 11.6. The lowest BCUT2D eigenvalue weighted by atomic mass is 9.81. The van der Waals surface area contributed by atoms with Gasteiger partial charge in [-0.3, -0.25) is 0 Å². The SMILES string of the molecule is c1ccc(-c2ccc(-c3c4ccccc4c(-c4ccc(-c5ccccc5)c5ccccc45)c4cc5ccccc5cc34)c3ccccc23)cc1.c1ccc2cc3c(-c4ccc(-c5cccc6ccccc56)cc4)c4ccccc4c(-c4ccc(-c5cccc6ccccc56)cc4)c3cc2c1. The summed E-state index contributed by atoms with van der Waals surface area (Å²) >= 11 is 0. The van der Waals surface area contributed by atoms with E-state index in [1.807, 2.05) is 0 Å². The van der Waals surface area contributed by atoms with Crippen molar-refractivity contribution in [3.63, 3.8) is 0 Å². The zero-order valence-corrected chi connectivity index (χ0v) is 55.0. The zero-order valence-electron chi connectivity index (χ0n) is 55.0. The summed E-state index contributed by atoms with van der Waals surface area (Å²) in [5, 5.41) is 25.3. The minimum Gasteiger partial charge on any atom is -0.0622 e. The standard InChI is InChI=1S/2C50H32/c1-3-15-33(16-4-1)37-27-29-45(41-23-11-9-21-39(37)41)49-43-25-13-14-26-44(43)50(48-32-36-20-8-7-19-35(36)31-47(48)49)46-30-28-38(34-17-5-2-6-18-34)40-22-10-12-24-42(40)46;1-2-14-40-32-48-47(31-39(40)13-1)49(37-27-23-35(24-28-37)43-21-9-15-33-11-3-5-17-41(33)43)45-19-7-8-20-46(45)50(48)38-29-25-36(26-30-38)44-22-10-16-34-12-4-6-18-42(34)44/h2*1-32H. The van der Waals surface area contributed by atoms with Crippen LogP contribution in [0.4, 0.5) is 0 Å². The van der Waals surface area contributed by atoms with Crippen molar-refractivity contribution >= 4 is 108 Å². The molecule has 20 rings (SSSR count). The lowest BCUT2D eigenvalue weighted by Gasteiger charge is -2.21. The summed E-state index contributed by atoms with van der Waals surface area (Å²) < 4.78 is 0. The van der Waals surface area contributed by atoms with Crippen LogP contribution in [0.25, 0.3) is 197 Å². The molecule has 0 unspecified atom stereocenters. The zero-order chi connectivity index (χ0) is 66.0. The van der Waals surface area contributed by atoms with E-state index in [9.17, 15) is 0 Å². The summed E-state index contributed by atoms with van der Waals surface area (Å²) in [6.07, 6.45) is 0. The number of fused-ring (bicyclic) bond motifs is 10. The summed E-state index contributed by atoms with van der Waals surface area (Å²) in [5.41, 5.74) is 20.0. The highest BCUT2D eigenvalue weighted by Crippen LogP contribution is 2.51. The molecular weight excluding hydrogens is 1200 g/mol. The van der Waals surface area contributed by atoms with Crippen molar-refractivity contribution in [2.75, 3.05) is 0 Å². The highest BCUT2D eigenvalue weighted by molar-refractivity contribution is 6.28. The lowest BCUT2D eigenvalue weighted by Crippen LogP contribution is -1.94. The van der Waals surface area contributed by atoms with E-state index in [2.05, 4.69) is 388 Å². The van der Waals surface area contributed by atoms with Gasteiger partial charge in [0.2, 0.25) is 0 Å². The highest BCUT2D eigenvalue weighted by atomic mass is 14.3. The Morgan fingerprint density at radius 2 is 0.320 bits per heavy atom. The van der Waals surface area contributed by atoms with Gasteiger partial charge in [0.25, 0.3) is 0 Å². The first-order chi connectivity index (χ1) is 49.6. The van der Waals surface area contributed by atoms with Crippen molar-refractivity contribution in [2.45, 2.75) is 0 Å². The fourth-order valence-corrected chi connectivity index (χ4v) is 16.3. The first-order valence-electron chi connectivity index (χ1n) is 34.7. The molecule has 0 radical (unpaired) electrons. The van der Waals surface area contributed by atoms with E-state index in [-0.39, 0.29) is 0 Å². The van der Waals surface area contributed by atoms with Crippen molar-refractivity contribution < 1.29 is 0 Å². The van der Waals surface area contributed by atoms with E-state index in [0.717, 1.165) is 0 Å². The van der Waals surface area contributed by atoms with Gasteiger partial charge in [0.05, 0.1) is 0 Å². The lowest BCUT2D eigenvalue weighted by molar-refractivity contribution is 1.63. The molecule has 0 spiro atoms. The Morgan fingerprint density at radius 3 is 0.670 bits per heavy atom. The molecule has 20 aromatic rings. The van der Waals surface area contributed by atoms with E-state index in [0.29, 0.717) is 0 Å². The van der Waals surface area contributed by atoms with Gasteiger partial charge in [-0.15, -0.1) is 0 Å². The van der Waals surface area contributed by atoms with Gasteiger partial charge in [-0.05, 0) is 221 Å². The van der Waals surface area contributed by atoms with Gasteiger partial charge in [-0.25, -0.2) is 0 Å². The Hall–Kier alpha value is -13.0. The first kappa shape index (κ1) is 58.4. The van der Waals surface area contributed by atoms with Crippen molar-refractivity contribution in [2.24, 2.45) is 0 Å². The van der Waals surface area contributed by atoms with Gasteiger partial charge in [0.1, 0.15) is 0 Å². The van der Waals surface area contributed by atoms with E-state index in [1.165, 1.54) is 197 Å². The predicted molar refractivity (Wildman–Crippen MR) is 431 cm³/mol. The molecule has 464 valence electrons. The third-order valence-corrected chi connectivity index (χ3v) is 20.9. The van der Waals surface area contributed by atoms with Gasteiger partial charge < -0.3 is 0 Å². The molecule has 0 heterocycles. The van der Waals surface area contributed by atoms with Crippen molar-refractivity contribution in [1.82, 2.24) is 0 Å². The Bertz CT molecular complexity index is 6190. The van der Waals surface area contributed by atoms with Gasteiger partial charge in [-0.2, -0.15) is 0 Å². The third-order valence-electron chi connectivity index (χ3n) is 20.9. The molecule has 0 aromatic heterocycles. The van der Waals surface area contributed by atoms with Gasteiger partial charge in [0.15, 0.2) is 0 Å². The maximum atomic E-state index is 2.43. The number of hydrogen-bond acceptors (Lipinski definition) is 0. The van der Waals surface area contributed by atoms with Crippen LogP contribution in [0.2, 0.25) is 0 Å². The minimum absolute atomic E-state index is 1.23. The molecule has 0 aliphatic heterocycles. The number of rotatable bonds is 8. The van der Waals surface area contributed by atoms with E-state index in [1.54, 1.807) is 0 Å². The van der Waals surface area contributed by atoms with Gasteiger partial charge in [-0.1, -0.05) is 364 Å². The minimum atomic E-state index is 1.23. The average Bonchev–Trinajstić information content (AvgIpc) is 0.716.